The van der Waals surface area contributed by atoms with Gasteiger partial charge in [0.05, 0.1) is 14.2 Å². The molecular weight excluding hydrogens is 412 g/mol. The Bertz CT molecular complexity index is 900. The van der Waals surface area contributed by atoms with Gasteiger partial charge in [0.1, 0.15) is 24.4 Å². The maximum Gasteiger partial charge on any atom is 0.408 e. The lowest BCUT2D eigenvalue weighted by Crippen LogP contribution is -2.54. The third kappa shape index (κ3) is 7.30. The first-order valence-electron chi connectivity index (χ1n) is 10.3. The molecule has 0 spiro atoms. The predicted octanol–water partition coefficient (Wildman–Crippen LogP) is 2.85. The van der Waals surface area contributed by atoms with Gasteiger partial charge in [0.25, 0.3) is 0 Å². The van der Waals surface area contributed by atoms with Gasteiger partial charge in [0.15, 0.2) is 0 Å². The fraction of sp³-hybridized carbons (Fsp3) is 0.375. The van der Waals surface area contributed by atoms with Gasteiger partial charge in [-0.05, 0) is 23.1 Å². The number of alkyl carbamates (subject to hydrolysis) is 1. The summed E-state index contributed by atoms with van der Waals surface area (Å²) in [5.41, 5.74) is 1.57. The zero-order valence-electron chi connectivity index (χ0n) is 18.8. The smallest absolute Gasteiger partial charge is 0.408 e. The SMILES string of the molecule is COC(=O)[C@H](Cc1ccccc1OC)NC(=O)[C@@H](NC(=O)OCc1ccccc1)C(C)C. The van der Waals surface area contributed by atoms with Crippen molar-refractivity contribution in [2.45, 2.75) is 39.0 Å². The van der Waals surface area contributed by atoms with Crippen molar-refractivity contribution in [3.8, 4) is 5.75 Å². The van der Waals surface area contributed by atoms with Crippen molar-refractivity contribution >= 4 is 18.0 Å². The van der Waals surface area contributed by atoms with Crippen molar-refractivity contribution < 1.29 is 28.6 Å². The van der Waals surface area contributed by atoms with Crippen LogP contribution in [-0.2, 0) is 32.1 Å². The lowest BCUT2D eigenvalue weighted by atomic mass is 10.0. The molecule has 0 aromatic heterocycles. The summed E-state index contributed by atoms with van der Waals surface area (Å²) in [7, 11) is 2.78. The lowest BCUT2D eigenvalue weighted by Gasteiger charge is -2.24. The molecule has 0 bridgehead atoms. The zero-order valence-corrected chi connectivity index (χ0v) is 18.8. The van der Waals surface area contributed by atoms with Gasteiger partial charge in [-0.1, -0.05) is 62.4 Å². The Morgan fingerprint density at radius 1 is 0.906 bits per heavy atom. The van der Waals surface area contributed by atoms with Gasteiger partial charge in [0.2, 0.25) is 5.91 Å². The van der Waals surface area contributed by atoms with E-state index >= 15 is 0 Å². The molecule has 0 unspecified atom stereocenters. The molecule has 2 atom stereocenters. The van der Waals surface area contributed by atoms with E-state index in [2.05, 4.69) is 10.6 Å². The van der Waals surface area contributed by atoms with E-state index in [-0.39, 0.29) is 18.9 Å². The van der Waals surface area contributed by atoms with Gasteiger partial charge in [0, 0.05) is 6.42 Å². The van der Waals surface area contributed by atoms with Crippen LogP contribution in [0.3, 0.4) is 0 Å². The van der Waals surface area contributed by atoms with Gasteiger partial charge >= 0.3 is 12.1 Å². The third-order valence-electron chi connectivity index (χ3n) is 4.85. The quantitative estimate of drug-likeness (QED) is 0.549. The first kappa shape index (κ1) is 24.7. The third-order valence-corrected chi connectivity index (χ3v) is 4.85. The Morgan fingerprint density at radius 2 is 1.56 bits per heavy atom. The molecule has 0 aliphatic carbocycles. The van der Waals surface area contributed by atoms with E-state index in [9.17, 15) is 14.4 Å². The highest BCUT2D eigenvalue weighted by Gasteiger charge is 2.30. The molecule has 8 nitrogen and oxygen atoms in total. The Kier molecular flexibility index (Phi) is 9.53. The number of benzene rings is 2. The number of nitrogens with one attached hydrogen (secondary N) is 2. The molecule has 0 radical (unpaired) electrons. The summed E-state index contributed by atoms with van der Waals surface area (Å²) in [6.45, 7) is 3.65. The minimum Gasteiger partial charge on any atom is -0.496 e. The Labute approximate surface area is 188 Å². The number of hydrogen-bond donors (Lipinski definition) is 2. The van der Waals surface area contributed by atoms with Gasteiger partial charge < -0.3 is 24.8 Å². The van der Waals surface area contributed by atoms with Crippen LogP contribution < -0.4 is 15.4 Å². The summed E-state index contributed by atoms with van der Waals surface area (Å²) in [6, 6.07) is 14.6. The molecule has 2 aromatic rings. The second-order valence-corrected chi connectivity index (χ2v) is 7.53. The highest BCUT2D eigenvalue weighted by molar-refractivity contribution is 5.90. The Balaban J connectivity index is 2.05. The van der Waals surface area contributed by atoms with E-state index in [1.807, 2.05) is 42.5 Å². The van der Waals surface area contributed by atoms with Crippen molar-refractivity contribution in [1.29, 1.82) is 0 Å². The van der Waals surface area contributed by atoms with Crippen LogP contribution in [-0.4, -0.2) is 44.3 Å². The molecule has 0 aliphatic heterocycles. The summed E-state index contributed by atoms with van der Waals surface area (Å²) in [5, 5.41) is 5.27. The van der Waals surface area contributed by atoms with Crippen LogP contribution in [0.4, 0.5) is 4.79 Å². The zero-order chi connectivity index (χ0) is 23.5. The van der Waals surface area contributed by atoms with E-state index in [0.29, 0.717) is 5.75 Å². The van der Waals surface area contributed by atoms with E-state index in [0.717, 1.165) is 11.1 Å². The molecule has 0 fully saturated rings. The van der Waals surface area contributed by atoms with Crippen LogP contribution in [0.25, 0.3) is 0 Å². The molecule has 2 rings (SSSR count). The molecule has 0 heterocycles. The Morgan fingerprint density at radius 3 is 2.19 bits per heavy atom. The largest absolute Gasteiger partial charge is 0.496 e. The first-order chi connectivity index (χ1) is 15.3. The minimum absolute atomic E-state index is 0.0810. The second-order valence-electron chi connectivity index (χ2n) is 7.53. The number of amides is 2. The van der Waals surface area contributed by atoms with Crippen LogP contribution in [0.15, 0.2) is 54.6 Å². The fourth-order valence-electron chi connectivity index (χ4n) is 3.12. The van der Waals surface area contributed by atoms with Crippen LogP contribution in [0, 0.1) is 5.92 Å². The number of esters is 1. The normalized spacial score (nSPS) is 12.4. The van der Waals surface area contributed by atoms with Crippen molar-refractivity contribution in [3.05, 3.63) is 65.7 Å². The van der Waals surface area contributed by atoms with E-state index in [4.69, 9.17) is 14.2 Å². The summed E-state index contributed by atoms with van der Waals surface area (Å²) in [6.07, 6.45) is -0.548. The highest BCUT2D eigenvalue weighted by Crippen LogP contribution is 2.19. The monoisotopic (exact) mass is 442 g/mol. The van der Waals surface area contributed by atoms with Crippen LogP contribution >= 0.6 is 0 Å². The van der Waals surface area contributed by atoms with Crippen LogP contribution in [0.1, 0.15) is 25.0 Å². The number of ether oxygens (including phenoxy) is 3. The number of carbonyl (C=O) groups excluding carboxylic acids is 3. The Hall–Kier alpha value is -3.55. The molecular formula is C24H30N2O6. The maximum absolute atomic E-state index is 12.9. The molecule has 0 saturated carbocycles. The summed E-state index contributed by atoms with van der Waals surface area (Å²) >= 11 is 0. The summed E-state index contributed by atoms with van der Waals surface area (Å²) in [4.78, 5) is 37.5. The average Bonchev–Trinajstić information content (AvgIpc) is 2.80. The van der Waals surface area contributed by atoms with Gasteiger partial charge in [-0.3, -0.25) is 4.79 Å². The number of para-hydroxylation sites is 1. The summed E-state index contributed by atoms with van der Waals surface area (Å²) < 4.78 is 15.4. The van der Waals surface area contributed by atoms with Gasteiger partial charge in [-0.15, -0.1) is 0 Å². The second kappa shape index (κ2) is 12.3. The first-order valence-corrected chi connectivity index (χ1v) is 10.3. The predicted molar refractivity (Wildman–Crippen MR) is 119 cm³/mol. The van der Waals surface area contributed by atoms with E-state index in [1.165, 1.54) is 14.2 Å². The van der Waals surface area contributed by atoms with Crippen LogP contribution in [0.2, 0.25) is 0 Å². The molecule has 2 amide bonds. The van der Waals surface area contributed by atoms with Gasteiger partial charge in [-0.2, -0.15) is 0 Å². The number of methoxy groups -OCH3 is 2. The number of rotatable bonds is 10. The standard InChI is InChI=1S/C24H30N2O6/c1-16(2)21(26-24(29)32-15-17-10-6-5-7-11-17)22(27)25-19(23(28)31-4)14-18-12-8-9-13-20(18)30-3/h5-13,16,19,21H,14-15H2,1-4H3,(H,25,27)(H,26,29)/t19-,21-/m0/s1. The van der Waals surface area contributed by atoms with Crippen molar-refractivity contribution in [2.24, 2.45) is 5.92 Å². The fourth-order valence-corrected chi connectivity index (χ4v) is 3.12. The van der Waals surface area contributed by atoms with Crippen LogP contribution in [0.5, 0.6) is 5.75 Å². The van der Waals surface area contributed by atoms with Crippen molar-refractivity contribution in [2.75, 3.05) is 14.2 Å². The van der Waals surface area contributed by atoms with E-state index < -0.39 is 30.1 Å². The maximum atomic E-state index is 12.9. The lowest BCUT2D eigenvalue weighted by molar-refractivity contribution is -0.145. The molecule has 8 heteroatoms. The number of hydrogen-bond acceptors (Lipinski definition) is 6. The minimum atomic E-state index is -0.952. The van der Waals surface area contributed by atoms with E-state index in [1.54, 1.807) is 26.0 Å². The molecule has 2 N–H and O–H groups in total. The average molecular weight is 443 g/mol. The summed E-state index contributed by atoms with van der Waals surface area (Å²) in [5.74, 6) is -0.761. The molecule has 172 valence electrons. The molecule has 2 aromatic carbocycles. The van der Waals surface area contributed by atoms with Crippen molar-refractivity contribution in [3.63, 3.8) is 0 Å². The van der Waals surface area contributed by atoms with Gasteiger partial charge in [-0.25, -0.2) is 9.59 Å². The number of carbonyl (C=O) groups is 3. The highest BCUT2D eigenvalue weighted by atomic mass is 16.5. The molecule has 0 aliphatic rings. The molecule has 0 saturated heterocycles. The molecule has 32 heavy (non-hydrogen) atoms. The topological polar surface area (TPSA) is 103 Å². The van der Waals surface area contributed by atoms with Crippen molar-refractivity contribution in [1.82, 2.24) is 10.6 Å².